The summed E-state index contributed by atoms with van der Waals surface area (Å²) in [5.74, 6) is 0. The molecule has 0 atom stereocenters. The zero-order valence-electron chi connectivity index (χ0n) is 12.7. The number of hydrogen-bond acceptors (Lipinski definition) is 4. The summed E-state index contributed by atoms with van der Waals surface area (Å²) >= 11 is 0. The van der Waals surface area contributed by atoms with Gasteiger partial charge in [0.1, 0.15) is 0 Å². The van der Waals surface area contributed by atoms with E-state index in [-0.39, 0.29) is 5.69 Å². The number of H-pyrrole nitrogens is 1. The van der Waals surface area contributed by atoms with E-state index in [0.29, 0.717) is 0 Å². The smallest absolute Gasteiger partial charge is 0.265 e. The minimum absolute atomic E-state index is 0.101. The van der Waals surface area contributed by atoms with Gasteiger partial charge in [-0.2, -0.15) is 10.2 Å². The second-order valence-electron chi connectivity index (χ2n) is 4.93. The topological polar surface area (TPSA) is 80.1 Å². The van der Waals surface area contributed by atoms with Crippen LogP contribution in [0.15, 0.2) is 75.4 Å². The third-order valence-electron chi connectivity index (χ3n) is 3.23. The maximum absolute atomic E-state index is 12.3. The van der Waals surface area contributed by atoms with Crippen molar-refractivity contribution < 1.29 is 0 Å². The summed E-state index contributed by atoms with van der Waals surface area (Å²) in [5.41, 5.74) is 0.525. The molecule has 0 aliphatic heterocycles. The summed E-state index contributed by atoms with van der Waals surface area (Å²) in [6, 6.07) is 18.7. The highest BCUT2D eigenvalue weighted by molar-refractivity contribution is 5.79. The molecule has 0 unspecified atom stereocenters. The summed E-state index contributed by atoms with van der Waals surface area (Å²) in [6.07, 6.45) is 4.73. The van der Waals surface area contributed by atoms with E-state index >= 15 is 0 Å². The molecule has 0 spiro atoms. The molecule has 6 nitrogen and oxygen atoms in total. The highest BCUT2D eigenvalue weighted by Crippen LogP contribution is 2.02. The van der Waals surface area contributed by atoms with Gasteiger partial charge in [-0.05, 0) is 17.2 Å². The Kier molecular flexibility index (Phi) is 4.57. The average Bonchev–Trinajstić information content (AvgIpc) is 2.63. The molecular formula is C18H14N4O2. The Hall–Kier alpha value is -3.54. The van der Waals surface area contributed by atoms with E-state index in [4.69, 9.17) is 0 Å². The normalized spacial score (nSPS) is 11.3. The van der Waals surface area contributed by atoms with Crippen LogP contribution in [-0.4, -0.2) is 21.1 Å². The van der Waals surface area contributed by atoms with Gasteiger partial charge in [-0.1, -0.05) is 66.7 Å². The van der Waals surface area contributed by atoms with Crippen molar-refractivity contribution in [1.82, 2.24) is 14.9 Å². The largest absolute Gasteiger partial charge is 0.365 e. The fraction of sp³-hybridized carbons (Fsp3) is 0. The van der Waals surface area contributed by atoms with Gasteiger partial charge < -0.3 is 0 Å². The number of aromatic nitrogens is 3. The van der Waals surface area contributed by atoms with Gasteiger partial charge in [-0.25, -0.2) is 9.89 Å². The lowest BCUT2D eigenvalue weighted by molar-refractivity contribution is 0.706. The van der Waals surface area contributed by atoms with E-state index in [1.54, 1.807) is 12.2 Å². The summed E-state index contributed by atoms with van der Waals surface area (Å²) in [5, 5.41) is 10.0. The summed E-state index contributed by atoms with van der Waals surface area (Å²) in [7, 11) is 0. The number of nitrogens with zero attached hydrogens (tertiary/aromatic N) is 3. The monoisotopic (exact) mass is 318 g/mol. The number of rotatable bonds is 4. The molecule has 1 heterocycles. The maximum Gasteiger partial charge on any atom is 0.365 e. The molecule has 0 amide bonds. The lowest BCUT2D eigenvalue weighted by Gasteiger charge is -1.98. The van der Waals surface area contributed by atoms with Crippen LogP contribution in [0.1, 0.15) is 16.8 Å². The van der Waals surface area contributed by atoms with Crippen molar-refractivity contribution in [1.29, 1.82) is 0 Å². The van der Waals surface area contributed by atoms with Crippen molar-refractivity contribution in [3.8, 4) is 0 Å². The number of hydrogen-bond donors (Lipinski definition) is 1. The van der Waals surface area contributed by atoms with Crippen LogP contribution in [0.5, 0.6) is 0 Å². The van der Waals surface area contributed by atoms with E-state index in [1.165, 1.54) is 6.21 Å². The van der Waals surface area contributed by atoms with E-state index in [0.717, 1.165) is 15.8 Å². The van der Waals surface area contributed by atoms with Gasteiger partial charge >= 0.3 is 11.2 Å². The Labute approximate surface area is 137 Å². The van der Waals surface area contributed by atoms with Gasteiger partial charge in [0, 0.05) is 0 Å². The van der Waals surface area contributed by atoms with Crippen LogP contribution < -0.4 is 11.2 Å². The first kappa shape index (κ1) is 15.4. The zero-order valence-corrected chi connectivity index (χ0v) is 12.7. The van der Waals surface area contributed by atoms with E-state index < -0.39 is 11.2 Å². The zero-order chi connectivity index (χ0) is 16.8. The Bertz CT molecular complexity index is 987. The second kappa shape index (κ2) is 7.15. The summed E-state index contributed by atoms with van der Waals surface area (Å²) in [6.45, 7) is 0. The predicted octanol–water partition coefficient (Wildman–Crippen LogP) is 1.98. The minimum atomic E-state index is -0.691. The lowest BCUT2D eigenvalue weighted by atomic mass is 10.2. The van der Waals surface area contributed by atoms with Crippen LogP contribution in [0.2, 0.25) is 0 Å². The van der Waals surface area contributed by atoms with Crippen LogP contribution >= 0.6 is 0 Å². The standard InChI is InChI=1S/C18H14N4O2/c23-17-16(12-11-14-7-3-1-4-8-14)20-21-18(24)22(17)19-13-15-9-5-2-6-10-15/h1-13H,(H,21,24)/b12-11+,19-13+. The van der Waals surface area contributed by atoms with Crippen molar-refractivity contribution in [2.75, 3.05) is 0 Å². The molecule has 0 bridgehead atoms. The van der Waals surface area contributed by atoms with Crippen molar-refractivity contribution in [3.63, 3.8) is 0 Å². The first-order chi connectivity index (χ1) is 11.7. The van der Waals surface area contributed by atoms with Gasteiger partial charge in [0.2, 0.25) is 0 Å². The molecule has 0 aliphatic carbocycles. The van der Waals surface area contributed by atoms with E-state index in [1.807, 2.05) is 60.7 Å². The molecule has 0 radical (unpaired) electrons. The molecule has 1 N–H and O–H groups in total. The maximum atomic E-state index is 12.3. The van der Waals surface area contributed by atoms with Gasteiger partial charge in [-0.15, -0.1) is 4.68 Å². The first-order valence-corrected chi connectivity index (χ1v) is 7.28. The molecule has 3 aromatic rings. The molecule has 6 heteroatoms. The minimum Gasteiger partial charge on any atom is -0.265 e. The Balaban J connectivity index is 1.94. The number of benzene rings is 2. The first-order valence-electron chi connectivity index (χ1n) is 7.28. The van der Waals surface area contributed by atoms with Crippen molar-refractivity contribution >= 4 is 18.4 Å². The molecule has 0 fully saturated rings. The number of nitrogens with one attached hydrogen (secondary N) is 1. The highest BCUT2D eigenvalue weighted by atomic mass is 16.2. The number of aromatic amines is 1. The van der Waals surface area contributed by atoms with Crippen LogP contribution in [0.25, 0.3) is 12.2 Å². The molecule has 2 aromatic carbocycles. The van der Waals surface area contributed by atoms with Crippen molar-refractivity contribution in [2.45, 2.75) is 0 Å². The molecule has 0 saturated carbocycles. The molecule has 118 valence electrons. The molecule has 1 aromatic heterocycles. The predicted molar refractivity (Wildman–Crippen MR) is 93.9 cm³/mol. The Morgan fingerprint density at radius 1 is 0.875 bits per heavy atom. The third-order valence-corrected chi connectivity index (χ3v) is 3.23. The lowest BCUT2D eigenvalue weighted by Crippen LogP contribution is -2.35. The fourth-order valence-corrected chi connectivity index (χ4v) is 2.02. The quantitative estimate of drug-likeness (QED) is 0.747. The van der Waals surface area contributed by atoms with Crippen LogP contribution in [0.4, 0.5) is 0 Å². The summed E-state index contributed by atoms with van der Waals surface area (Å²) in [4.78, 5) is 24.1. The van der Waals surface area contributed by atoms with Gasteiger partial charge in [0.25, 0.3) is 0 Å². The SMILES string of the molecule is O=c1[nH]nc(/C=C/c2ccccc2)c(=O)n1/N=C/c1ccccc1. The van der Waals surface area contributed by atoms with Crippen LogP contribution in [-0.2, 0) is 0 Å². The highest BCUT2D eigenvalue weighted by Gasteiger charge is 2.05. The molecule has 0 saturated heterocycles. The van der Waals surface area contributed by atoms with Gasteiger partial charge in [-0.3, -0.25) is 4.79 Å². The van der Waals surface area contributed by atoms with Gasteiger partial charge in [0.15, 0.2) is 5.69 Å². The molecule has 0 aliphatic rings. The molecular weight excluding hydrogens is 304 g/mol. The molecule has 3 rings (SSSR count). The average molecular weight is 318 g/mol. The van der Waals surface area contributed by atoms with E-state index in [9.17, 15) is 9.59 Å². The third kappa shape index (κ3) is 3.61. The van der Waals surface area contributed by atoms with Crippen LogP contribution in [0.3, 0.4) is 0 Å². The van der Waals surface area contributed by atoms with Gasteiger partial charge in [0.05, 0.1) is 6.21 Å². The fourth-order valence-electron chi connectivity index (χ4n) is 2.02. The van der Waals surface area contributed by atoms with E-state index in [2.05, 4.69) is 15.3 Å². The summed E-state index contributed by atoms with van der Waals surface area (Å²) < 4.78 is 0.755. The molecule has 24 heavy (non-hydrogen) atoms. The van der Waals surface area contributed by atoms with Crippen LogP contribution in [0, 0.1) is 0 Å². The Morgan fingerprint density at radius 2 is 1.50 bits per heavy atom. The Morgan fingerprint density at radius 3 is 2.17 bits per heavy atom. The second-order valence-corrected chi connectivity index (χ2v) is 4.93. The van der Waals surface area contributed by atoms with Crippen molar-refractivity contribution in [2.24, 2.45) is 5.10 Å². The van der Waals surface area contributed by atoms with Crippen molar-refractivity contribution in [3.05, 3.63) is 98.3 Å².